The molecule has 3 heterocycles. The second kappa shape index (κ2) is 9.52. The van der Waals surface area contributed by atoms with Gasteiger partial charge in [0.15, 0.2) is 5.13 Å². The van der Waals surface area contributed by atoms with Gasteiger partial charge in [-0.3, -0.25) is 14.5 Å². The van der Waals surface area contributed by atoms with Crippen molar-refractivity contribution in [1.82, 2.24) is 4.98 Å². The van der Waals surface area contributed by atoms with Crippen LogP contribution in [0.3, 0.4) is 0 Å². The van der Waals surface area contributed by atoms with Crippen LogP contribution in [0.15, 0.2) is 52.7 Å². The first-order valence-corrected chi connectivity index (χ1v) is 11.3. The number of Topliss-reactive ketones (excluding diaryl/α,β-unsaturated/α-hetero) is 1. The molecule has 0 aliphatic carbocycles. The number of hydrogen-bond acceptors (Lipinski definition) is 9. The van der Waals surface area contributed by atoms with Crippen molar-refractivity contribution in [3.8, 4) is 5.75 Å². The molecule has 3 aromatic rings. The number of carbonyl (C=O) groups is 3. The Hall–Kier alpha value is -3.92. The first kappa shape index (κ1) is 23.2. The van der Waals surface area contributed by atoms with E-state index in [1.54, 1.807) is 43.3 Å². The number of aryl methyl sites for hydroxylation is 1. The van der Waals surface area contributed by atoms with Gasteiger partial charge in [-0.15, -0.1) is 0 Å². The summed E-state index contributed by atoms with van der Waals surface area (Å²) in [6, 6.07) is 8.71. The minimum atomic E-state index is -1.07. The minimum absolute atomic E-state index is 0.115. The third-order valence-electron chi connectivity index (χ3n) is 5.22. The van der Waals surface area contributed by atoms with Gasteiger partial charge in [-0.05, 0) is 49.7 Å². The second-order valence-electron chi connectivity index (χ2n) is 7.46. The van der Waals surface area contributed by atoms with E-state index in [9.17, 15) is 19.5 Å². The van der Waals surface area contributed by atoms with E-state index in [0.717, 1.165) is 22.7 Å². The van der Waals surface area contributed by atoms with Gasteiger partial charge in [0.1, 0.15) is 28.2 Å². The number of aromatic nitrogens is 1. The maximum absolute atomic E-state index is 13.1. The largest absolute Gasteiger partial charge is 0.507 e. The number of amides is 1. The van der Waals surface area contributed by atoms with Gasteiger partial charge >= 0.3 is 11.9 Å². The zero-order chi connectivity index (χ0) is 24.4. The lowest BCUT2D eigenvalue weighted by Crippen LogP contribution is -2.29. The number of carbonyl (C=O) groups excluding carboxylic acids is 3. The van der Waals surface area contributed by atoms with Crippen LogP contribution < -0.4 is 9.64 Å². The highest BCUT2D eigenvalue weighted by Gasteiger charge is 2.49. The van der Waals surface area contributed by atoms with Gasteiger partial charge in [0.25, 0.3) is 5.78 Å². The number of methoxy groups -OCH3 is 1. The quantitative estimate of drug-likeness (QED) is 0.230. The highest BCUT2D eigenvalue weighted by atomic mass is 32.1. The average molecular weight is 483 g/mol. The molecule has 1 aliphatic rings. The molecule has 0 spiro atoms. The molecule has 4 rings (SSSR count). The van der Waals surface area contributed by atoms with Gasteiger partial charge in [0.05, 0.1) is 31.2 Å². The van der Waals surface area contributed by atoms with Crippen LogP contribution >= 0.6 is 11.3 Å². The fraction of sp³-hybridized carbons (Fsp3) is 0.250. The number of nitrogens with zero attached hydrogens (tertiary/aromatic N) is 2. The van der Waals surface area contributed by atoms with Gasteiger partial charge in [0, 0.05) is 5.56 Å². The molecule has 0 saturated carbocycles. The van der Waals surface area contributed by atoms with Gasteiger partial charge in [0.2, 0.25) is 0 Å². The number of aliphatic hydroxyl groups is 1. The van der Waals surface area contributed by atoms with Crippen molar-refractivity contribution in [2.24, 2.45) is 0 Å². The van der Waals surface area contributed by atoms with Crippen molar-refractivity contribution < 1.29 is 33.4 Å². The van der Waals surface area contributed by atoms with E-state index in [1.807, 2.05) is 6.92 Å². The van der Waals surface area contributed by atoms with Crippen molar-refractivity contribution in [3.05, 3.63) is 70.1 Å². The van der Waals surface area contributed by atoms with Crippen LogP contribution in [0.4, 0.5) is 5.13 Å². The SMILES string of the molecule is CCCOc1ccc(/C(O)=C2/C(=O)C(=O)N(c3nc(C)c(C(=O)OC)s3)C2c2ccco2)cc1. The summed E-state index contributed by atoms with van der Waals surface area (Å²) in [6.45, 7) is 4.15. The summed E-state index contributed by atoms with van der Waals surface area (Å²) in [7, 11) is 1.24. The number of ether oxygens (including phenoxy) is 2. The topological polar surface area (TPSA) is 119 Å². The molecule has 1 unspecified atom stereocenters. The number of furan rings is 1. The van der Waals surface area contributed by atoms with Gasteiger partial charge in [-0.1, -0.05) is 18.3 Å². The number of hydrogen-bond donors (Lipinski definition) is 1. The monoisotopic (exact) mass is 482 g/mol. The fourth-order valence-corrected chi connectivity index (χ4v) is 4.61. The lowest BCUT2D eigenvalue weighted by atomic mass is 9.99. The van der Waals surface area contributed by atoms with Crippen LogP contribution in [-0.2, 0) is 14.3 Å². The molecular weight excluding hydrogens is 460 g/mol. The zero-order valence-corrected chi connectivity index (χ0v) is 19.5. The molecule has 2 aromatic heterocycles. The van der Waals surface area contributed by atoms with Crippen LogP contribution in [-0.4, -0.2) is 41.5 Å². The summed E-state index contributed by atoms with van der Waals surface area (Å²) >= 11 is 0.920. The summed E-state index contributed by atoms with van der Waals surface area (Å²) in [6.07, 6.45) is 2.25. The third kappa shape index (κ3) is 4.08. The Balaban J connectivity index is 1.81. The normalized spacial score (nSPS) is 17.3. The second-order valence-corrected chi connectivity index (χ2v) is 8.44. The Morgan fingerprint density at radius 1 is 1.24 bits per heavy atom. The third-order valence-corrected chi connectivity index (χ3v) is 6.36. The van der Waals surface area contributed by atoms with Gasteiger partial charge in [-0.2, -0.15) is 0 Å². The molecule has 1 saturated heterocycles. The Bertz CT molecular complexity index is 1260. The molecule has 1 N–H and O–H groups in total. The summed E-state index contributed by atoms with van der Waals surface area (Å²) in [5.41, 5.74) is 0.549. The molecule has 9 nitrogen and oxygen atoms in total. The van der Waals surface area contributed by atoms with E-state index in [1.165, 1.54) is 13.4 Å². The summed E-state index contributed by atoms with van der Waals surface area (Å²) in [5, 5.41) is 11.2. The van der Waals surface area contributed by atoms with Gasteiger partial charge < -0.3 is 19.0 Å². The van der Waals surface area contributed by atoms with Crippen LogP contribution in [0.25, 0.3) is 5.76 Å². The van der Waals surface area contributed by atoms with E-state index in [2.05, 4.69) is 4.98 Å². The molecule has 1 aliphatic heterocycles. The standard InChI is InChI=1S/C24H22N2O7S/c1-4-11-32-15-9-7-14(8-10-15)19(27)17-18(16-6-5-12-33-16)26(22(29)20(17)28)24-25-13(2)21(34-24)23(30)31-3/h5-10,12,18,27H,4,11H2,1-3H3/b19-17-. The molecule has 1 amide bonds. The molecular formula is C24H22N2O7S. The summed E-state index contributed by atoms with van der Waals surface area (Å²) in [4.78, 5) is 44.0. The molecule has 1 aromatic carbocycles. The van der Waals surface area contributed by atoms with Crippen LogP contribution in [0.2, 0.25) is 0 Å². The average Bonchev–Trinajstić information content (AvgIpc) is 3.56. The van der Waals surface area contributed by atoms with Crippen molar-refractivity contribution in [3.63, 3.8) is 0 Å². The molecule has 1 fully saturated rings. The predicted molar refractivity (Wildman–Crippen MR) is 124 cm³/mol. The van der Waals surface area contributed by atoms with Crippen LogP contribution in [0.5, 0.6) is 5.75 Å². The Morgan fingerprint density at radius 3 is 2.59 bits per heavy atom. The fourth-order valence-electron chi connectivity index (χ4n) is 3.60. The lowest BCUT2D eigenvalue weighted by molar-refractivity contribution is -0.132. The number of rotatable bonds is 7. The van der Waals surface area contributed by atoms with E-state index >= 15 is 0 Å². The highest BCUT2D eigenvalue weighted by Crippen LogP contribution is 2.44. The van der Waals surface area contributed by atoms with Crippen molar-refractivity contribution in [2.75, 3.05) is 18.6 Å². The number of anilines is 1. The molecule has 10 heteroatoms. The Labute approximate surface area is 199 Å². The number of ketones is 1. The molecule has 176 valence electrons. The smallest absolute Gasteiger partial charge is 0.350 e. The van der Waals surface area contributed by atoms with E-state index in [0.29, 0.717) is 23.6 Å². The molecule has 1 atom stereocenters. The van der Waals surface area contributed by atoms with E-state index in [-0.39, 0.29) is 27.1 Å². The van der Waals surface area contributed by atoms with Crippen molar-refractivity contribution in [1.29, 1.82) is 0 Å². The van der Waals surface area contributed by atoms with E-state index < -0.39 is 23.7 Å². The number of benzene rings is 1. The summed E-state index contributed by atoms with van der Waals surface area (Å²) < 4.78 is 15.9. The molecule has 34 heavy (non-hydrogen) atoms. The molecule has 0 bridgehead atoms. The number of aliphatic hydroxyl groups excluding tert-OH is 1. The van der Waals surface area contributed by atoms with Crippen LogP contribution in [0, 0.1) is 6.92 Å². The van der Waals surface area contributed by atoms with Gasteiger partial charge in [-0.25, -0.2) is 9.78 Å². The van der Waals surface area contributed by atoms with E-state index in [4.69, 9.17) is 13.9 Å². The molecule has 0 radical (unpaired) electrons. The summed E-state index contributed by atoms with van der Waals surface area (Å²) in [5.74, 6) is -1.86. The predicted octanol–water partition coefficient (Wildman–Crippen LogP) is 4.25. The highest BCUT2D eigenvalue weighted by molar-refractivity contribution is 7.17. The zero-order valence-electron chi connectivity index (χ0n) is 18.7. The Morgan fingerprint density at radius 2 is 1.97 bits per heavy atom. The van der Waals surface area contributed by atoms with Crippen molar-refractivity contribution >= 4 is 39.9 Å². The first-order chi connectivity index (χ1) is 16.4. The number of thiazole rings is 1. The maximum Gasteiger partial charge on any atom is 0.350 e. The first-order valence-electron chi connectivity index (χ1n) is 10.5. The van der Waals surface area contributed by atoms with Crippen LogP contribution in [0.1, 0.15) is 46.1 Å². The maximum atomic E-state index is 13.1. The minimum Gasteiger partial charge on any atom is -0.507 e. The Kier molecular flexibility index (Phi) is 6.51. The van der Waals surface area contributed by atoms with Crippen molar-refractivity contribution in [2.45, 2.75) is 26.3 Å². The lowest BCUT2D eigenvalue weighted by Gasteiger charge is -2.20. The number of esters is 1.